The molecule has 1 aliphatic heterocycles. The molecule has 1 saturated heterocycles. The molecule has 0 unspecified atom stereocenters. The van der Waals surface area contributed by atoms with Gasteiger partial charge in [0, 0.05) is 42.8 Å². The highest BCUT2D eigenvalue weighted by Crippen LogP contribution is 2.29. The van der Waals surface area contributed by atoms with Crippen molar-refractivity contribution in [3.63, 3.8) is 0 Å². The first-order valence-corrected chi connectivity index (χ1v) is 8.58. The van der Waals surface area contributed by atoms with Gasteiger partial charge in [0.25, 0.3) is 0 Å². The molecule has 23 heavy (non-hydrogen) atoms. The quantitative estimate of drug-likeness (QED) is 0.942. The van der Waals surface area contributed by atoms with E-state index < -0.39 is 0 Å². The van der Waals surface area contributed by atoms with Crippen LogP contribution in [0.1, 0.15) is 38.8 Å². The Morgan fingerprint density at radius 3 is 2.74 bits per heavy atom. The molecule has 0 atom stereocenters. The topological polar surface area (TPSA) is 45.2 Å². The first-order valence-electron chi connectivity index (χ1n) is 8.58. The molecule has 0 spiro atoms. The van der Waals surface area contributed by atoms with E-state index in [-0.39, 0.29) is 5.91 Å². The van der Waals surface area contributed by atoms with Crippen molar-refractivity contribution in [2.24, 2.45) is 0 Å². The molecule has 2 aromatic rings. The van der Waals surface area contributed by atoms with Crippen molar-refractivity contribution in [1.82, 2.24) is 10.3 Å². The van der Waals surface area contributed by atoms with Crippen LogP contribution in [0.4, 0.5) is 5.69 Å². The normalized spacial score (nSPS) is 15.8. The lowest BCUT2D eigenvalue weighted by Crippen LogP contribution is -2.44. The van der Waals surface area contributed by atoms with Crippen LogP contribution in [-0.4, -0.2) is 30.0 Å². The van der Waals surface area contributed by atoms with E-state index in [1.807, 2.05) is 0 Å². The molecule has 1 N–H and O–H groups in total. The lowest BCUT2D eigenvalue weighted by molar-refractivity contribution is -0.119. The monoisotopic (exact) mass is 311 g/mol. The summed E-state index contributed by atoms with van der Waals surface area (Å²) in [6, 6.07) is 11.0. The number of aryl methyl sites for hydroxylation is 1. The summed E-state index contributed by atoms with van der Waals surface area (Å²) in [7, 11) is 0. The molecule has 0 aliphatic carbocycles. The minimum atomic E-state index is 0.0723. The smallest absolute Gasteiger partial charge is 0.217 e. The number of carbonyl (C=O) groups excluding carboxylic acids is 1. The number of para-hydroxylation sites is 1. The van der Waals surface area contributed by atoms with Crippen molar-refractivity contribution in [3.8, 4) is 0 Å². The van der Waals surface area contributed by atoms with Gasteiger partial charge < -0.3 is 10.2 Å². The molecule has 0 bridgehead atoms. The number of nitrogens with one attached hydrogen (secondary N) is 1. The SMILES string of the molecule is CCCc1cc(N2CCC(NC(C)=O)CC2)c2ccccc2n1. The second kappa shape index (κ2) is 6.99. The number of pyridine rings is 1. The zero-order chi connectivity index (χ0) is 16.2. The minimum Gasteiger partial charge on any atom is -0.371 e. The van der Waals surface area contributed by atoms with Gasteiger partial charge >= 0.3 is 0 Å². The molecule has 1 amide bonds. The van der Waals surface area contributed by atoms with E-state index in [2.05, 4.69) is 47.5 Å². The Morgan fingerprint density at radius 1 is 1.30 bits per heavy atom. The van der Waals surface area contributed by atoms with E-state index in [4.69, 9.17) is 4.98 Å². The van der Waals surface area contributed by atoms with Crippen LogP contribution in [0, 0.1) is 0 Å². The van der Waals surface area contributed by atoms with Gasteiger partial charge in [0.05, 0.1) is 5.52 Å². The van der Waals surface area contributed by atoms with Crippen molar-refractivity contribution in [2.45, 2.75) is 45.6 Å². The maximum Gasteiger partial charge on any atom is 0.217 e. The van der Waals surface area contributed by atoms with Gasteiger partial charge in [0.15, 0.2) is 0 Å². The predicted molar refractivity (Wildman–Crippen MR) is 94.8 cm³/mol. The number of nitrogens with zero attached hydrogens (tertiary/aromatic N) is 2. The summed E-state index contributed by atoms with van der Waals surface area (Å²) in [6.45, 7) is 5.74. The zero-order valence-corrected chi connectivity index (χ0v) is 14.0. The molecule has 3 rings (SSSR count). The Hall–Kier alpha value is -2.10. The molecule has 4 heteroatoms. The fraction of sp³-hybridized carbons (Fsp3) is 0.474. The Morgan fingerprint density at radius 2 is 2.04 bits per heavy atom. The summed E-state index contributed by atoms with van der Waals surface area (Å²) < 4.78 is 0. The van der Waals surface area contributed by atoms with Gasteiger partial charge in [-0.1, -0.05) is 31.5 Å². The Balaban J connectivity index is 1.86. The molecule has 0 saturated carbocycles. The lowest BCUT2D eigenvalue weighted by atomic mass is 10.0. The van der Waals surface area contributed by atoms with Crippen molar-refractivity contribution < 1.29 is 4.79 Å². The predicted octanol–water partition coefficient (Wildman–Crippen LogP) is 3.29. The van der Waals surface area contributed by atoms with Gasteiger partial charge in [0.1, 0.15) is 0 Å². The number of anilines is 1. The van der Waals surface area contributed by atoms with Crippen LogP contribution in [0.2, 0.25) is 0 Å². The van der Waals surface area contributed by atoms with E-state index in [1.54, 1.807) is 6.92 Å². The molecule has 2 heterocycles. The zero-order valence-electron chi connectivity index (χ0n) is 14.0. The summed E-state index contributed by atoms with van der Waals surface area (Å²) >= 11 is 0. The summed E-state index contributed by atoms with van der Waals surface area (Å²) in [4.78, 5) is 18.5. The molecule has 1 aromatic carbocycles. The van der Waals surface area contributed by atoms with Crippen LogP contribution >= 0.6 is 0 Å². The Bertz CT molecular complexity index is 690. The first-order chi connectivity index (χ1) is 11.2. The maximum absolute atomic E-state index is 11.2. The average Bonchev–Trinajstić information content (AvgIpc) is 2.55. The Labute approximate surface area is 137 Å². The average molecular weight is 311 g/mol. The van der Waals surface area contributed by atoms with Crippen molar-refractivity contribution in [1.29, 1.82) is 0 Å². The van der Waals surface area contributed by atoms with Gasteiger partial charge in [-0.25, -0.2) is 0 Å². The van der Waals surface area contributed by atoms with Crippen LogP contribution in [0.15, 0.2) is 30.3 Å². The van der Waals surface area contributed by atoms with Gasteiger partial charge in [-0.05, 0) is 31.4 Å². The molecule has 1 aromatic heterocycles. The largest absolute Gasteiger partial charge is 0.371 e. The number of rotatable bonds is 4. The number of fused-ring (bicyclic) bond motifs is 1. The second-order valence-electron chi connectivity index (χ2n) is 6.36. The van der Waals surface area contributed by atoms with Crippen LogP contribution in [0.25, 0.3) is 10.9 Å². The number of hydrogen-bond acceptors (Lipinski definition) is 3. The molecule has 1 aliphatic rings. The van der Waals surface area contributed by atoms with Gasteiger partial charge in [0.2, 0.25) is 5.91 Å². The van der Waals surface area contributed by atoms with Crippen molar-refractivity contribution in [3.05, 3.63) is 36.0 Å². The van der Waals surface area contributed by atoms with Gasteiger partial charge in [-0.2, -0.15) is 0 Å². The number of hydrogen-bond donors (Lipinski definition) is 1. The first kappa shape index (κ1) is 15.8. The molecular formula is C19H25N3O. The lowest BCUT2D eigenvalue weighted by Gasteiger charge is -2.34. The fourth-order valence-electron chi connectivity index (χ4n) is 3.41. The third-order valence-corrected chi connectivity index (χ3v) is 4.50. The van der Waals surface area contributed by atoms with Gasteiger partial charge in [-0.3, -0.25) is 9.78 Å². The highest BCUT2D eigenvalue weighted by Gasteiger charge is 2.21. The van der Waals surface area contributed by atoms with Crippen LogP contribution in [-0.2, 0) is 11.2 Å². The van der Waals surface area contributed by atoms with Crippen molar-refractivity contribution >= 4 is 22.5 Å². The standard InChI is InChI=1S/C19H25N3O/c1-3-6-16-13-19(17-7-4-5-8-18(17)21-16)22-11-9-15(10-12-22)20-14(2)23/h4-5,7-8,13,15H,3,6,9-12H2,1-2H3,(H,20,23). The van der Waals surface area contributed by atoms with E-state index >= 15 is 0 Å². The van der Waals surface area contributed by atoms with E-state index in [0.717, 1.165) is 44.3 Å². The molecule has 0 radical (unpaired) electrons. The molecule has 1 fully saturated rings. The summed E-state index contributed by atoms with van der Waals surface area (Å²) in [5, 5.41) is 4.27. The van der Waals surface area contributed by atoms with Crippen LogP contribution in [0.5, 0.6) is 0 Å². The third kappa shape index (κ3) is 3.63. The minimum absolute atomic E-state index is 0.0723. The number of aromatic nitrogens is 1. The number of amides is 1. The third-order valence-electron chi connectivity index (χ3n) is 4.50. The van der Waals surface area contributed by atoms with E-state index in [0.29, 0.717) is 6.04 Å². The number of benzene rings is 1. The van der Waals surface area contributed by atoms with Gasteiger partial charge in [-0.15, -0.1) is 0 Å². The number of piperidine rings is 1. The molecular weight excluding hydrogens is 286 g/mol. The highest BCUT2D eigenvalue weighted by molar-refractivity contribution is 5.92. The Kier molecular flexibility index (Phi) is 4.79. The molecule has 122 valence electrons. The summed E-state index contributed by atoms with van der Waals surface area (Å²) in [5.41, 5.74) is 3.54. The fourth-order valence-corrected chi connectivity index (χ4v) is 3.41. The van der Waals surface area contributed by atoms with Crippen LogP contribution in [0.3, 0.4) is 0 Å². The maximum atomic E-state index is 11.2. The number of carbonyl (C=O) groups is 1. The second-order valence-corrected chi connectivity index (χ2v) is 6.36. The highest BCUT2D eigenvalue weighted by atomic mass is 16.1. The van der Waals surface area contributed by atoms with Crippen LogP contribution < -0.4 is 10.2 Å². The summed E-state index contributed by atoms with van der Waals surface area (Å²) in [5.74, 6) is 0.0723. The van der Waals surface area contributed by atoms with E-state index in [1.165, 1.54) is 16.8 Å². The van der Waals surface area contributed by atoms with Crippen molar-refractivity contribution in [2.75, 3.05) is 18.0 Å². The summed E-state index contributed by atoms with van der Waals surface area (Å²) in [6.07, 6.45) is 4.12. The van der Waals surface area contributed by atoms with E-state index in [9.17, 15) is 4.79 Å². The molecule has 4 nitrogen and oxygen atoms in total.